The number of aryl methyl sites for hydroxylation is 1. The van der Waals surface area contributed by atoms with Gasteiger partial charge in [0.05, 0.1) is 19.3 Å². The molecular formula is C13H19ClN2O. The first kappa shape index (κ1) is 12.7. The summed E-state index contributed by atoms with van der Waals surface area (Å²) in [7, 11) is 1.97. The van der Waals surface area contributed by atoms with Crippen LogP contribution in [-0.4, -0.2) is 39.4 Å². The first-order chi connectivity index (χ1) is 8.22. The molecule has 94 valence electrons. The lowest BCUT2D eigenvalue weighted by molar-refractivity contribution is 0.0943. The fourth-order valence-corrected chi connectivity index (χ4v) is 2.54. The van der Waals surface area contributed by atoms with Gasteiger partial charge in [0.2, 0.25) is 0 Å². The van der Waals surface area contributed by atoms with Crippen LogP contribution in [0, 0.1) is 6.92 Å². The van der Waals surface area contributed by atoms with E-state index in [2.05, 4.69) is 23.2 Å². The molecule has 1 aromatic carbocycles. The summed E-state index contributed by atoms with van der Waals surface area (Å²) in [6, 6.07) is 6.47. The van der Waals surface area contributed by atoms with Gasteiger partial charge in [-0.15, -0.1) is 0 Å². The molecule has 4 heteroatoms. The first-order valence-corrected chi connectivity index (χ1v) is 6.35. The standard InChI is InChI=1S/C13H19ClN2O/c1-10-7-11(14)3-4-13(10)16-5-6-17-9-12(16)8-15-2/h3-4,7,12,15H,5-6,8-9H2,1-2H3. The van der Waals surface area contributed by atoms with Gasteiger partial charge in [-0.3, -0.25) is 0 Å². The maximum atomic E-state index is 6.00. The minimum Gasteiger partial charge on any atom is -0.377 e. The Morgan fingerprint density at radius 2 is 2.35 bits per heavy atom. The highest BCUT2D eigenvalue weighted by Crippen LogP contribution is 2.26. The summed E-state index contributed by atoms with van der Waals surface area (Å²) in [5, 5.41) is 4.02. The molecular weight excluding hydrogens is 236 g/mol. The first-order valence-electron chi connectivity index (χ1n) is 5.97. The molecule has 1 aliphatic heterocycles. The Labute approximate surface area is 108 Å². The van der Waals surface area contributed by atoms with Gasteiger partial charge in [-0.2, -0.15) is 0 Å². The highest BCUT2D eigenvalue weighted by Gasteiger charge is 2.23. The van der Waals surface area contributed by atoms with E-state index in [1.807, 2.05) is 19.2 Å². The molecule has 0 aliphatic carbocycles. The number of nitrogens with zero attached hydrogens (tertiary/aromatic N) is 1. The fourth-order valence-electron chi connectivity index (χ4n) is 2.32. The van der Waals surface area contributed by atoms with E-state index in [9.17, 15) is 0 Å². The van der Waals surface area contributed by atoms with Gasteiger partial charge in [-0.1, -0.05) is 11.6 Å². The van der Waals surface area contributed by atoms with Gasteiger partial charge in [-0.25, -0.2) is 0 Å². The summed E-state index contributed by atoms with van der Waals surface area (Å²) in [6.07, 6.45) is 0. The number of morpholine rings is 1. The highest BCUT2D eigenvalue weighted by atomic mass is 35.5. The number of nitrogens with one attached hydrogen (secondary N) is 1. The van der Waals surface area contributed by atoms with Crippen LogP contribution in [0.2, 0.25) is 5.02 Å². The summed E-state index contributed by atoms with van der Waals surface area (Å²) >= 11 is 6.00. The van der Waals surface area contributed by atoms with E-state index in [-0.39, 0.29) is 0 Å². The average Bonchev–Trinajstić information content (AvgIpc) is 2.31. The predicted molar refractivity (Wildman–Crippen MR) is 72.1 cm³/mol. The van der Waals surface area contributed by atoms with Crippen LogP contribution in [0.4, 0.5) is 5.69 Å². The molecule has 1 heterocycles. The Bertz CT molecular complexity index is 382. The average molecular weight is 255 g/mol. The Morgan fingerprint density at radius 3 is 3.06 bits per heavy atom. The third-order valence-corrected chi connectivity index (χ3v) is 3.37. The lowest BCUT2D eigenvalue weighted by atomic mass is 10.1. The van der Waals surface area contributed by atoms with Crippen molar-refractivity contribution in [2.24, 2.45) is 0 Å². The molecule has 0 aromatic heterocycles. The molecule has 0 amide bonds. The highest BCUT2D eigenvalue weighted by molar-refractivity contribution is 6.30. The van der Waals surface area contributed by atoms with Crippen LogP contribution in [0.15, 0.2) is 18.2 Å². The number of anilines is 1. The monoisotopic (exact) mass is 254 g/mol. The zero-order valence-corrected chi connectivity index (χ0v) is 11.1. The van der Waals surface area contributed by atoms with Gasteiger partial charge in [0.15, 0.2) is 0 Å². The Balaban J connectivity index is 2.23. The van der Waals surface area contributed by atoms with Crippen LogP contribution < -0.4 is 10.2 Å². The molecule has 1 fully saturated rings. The van der Waals surface area contributed by atoms with Crippen LogP contribution in [0.1, 0.15) is 5.56 Å². The van der Waals surface area contributed by atoms with Gasteiger partial charge in [0.25, 0.3) is 0 Å². The predicted octanol–water partition coefficient (Wildman–Crippen LogP) is 2.07. The lowest BCUT2D eigenvalue weighted by Gasteiger charge is -2.38. The van der Waals surface area contributed by atoms with E-state index in [0.717, 1.165) is 31.3 Å². The minimum atomic E-state index is 0.397. The van der Waals surface area contributed by atoms with Gasteiger partial charge >= 0.3 is 0 Å². The number of rotatable bonds is 3. The van der Waals surface area contributed by atoms with Crippen LogP contribution in [0.5, 0.6) is 0 Å². The molecule has 0 radical (unpaired) electrons. The van der Waals surface area contributed by atoms with Crippen molar-refractivity contribution in [3.8, 4) is 0 Å². The molecule has 1 atom stereocenters. The molecule has 1 aliphatic rings. The summed E-state index contributed by atoms with van der Waals surface area (Å²) in [5.41, 5.74) is 2.48. The number of likely N-dealkylation sites (N-methyl/N-ethyl adjacent to an activating group) is 1. The maximum Gasteiger partial charge on any atom is 0.0683 e. The SMILES string of the molecule is CNCC1COCCN1c1ccc(Cl)cc1C. The molecule has 0 spiro atoms. The smallest absolute Gasteiger partial charge is 0.0683 e. The normalized spacial score (nSPS) is 20.6. The number of ether oxygens (including phenoxy) is 1. The topological polar surface area (TPSA) is 24.5 Å². The van der Waals surface area contributed by atoms with Crippen LogP contribution in [-0.2, 0) is 4.74 Å². The van der Waals surface area contributed by atoms with Crippen molar-refractivity contribution in [2.75, 3.05) is 38.3 Å². The van der Waals surface area contributed by atoms with Crippen LogP contribution in [0.25, 0.3) is 0 Å². The summed E-state index contributed by atoms with van der Waals surface area (Å²) < 4.78 is 5.54. The molecule has 1 unspecified atom stereocenters. The van der Waals surface area contributed by atoms with Crippen LogP contribution in [0.3, 0.4) is 0 Å². The van der Waals surface area contributed by atoms with Crippen molar-refractivity contribution in [1.82, 2.24) is 5.32 Å². The van der Waals surface area contributed by atoms with Crippen molar-refractivity contribution in [1.29, 1.82) is 0 Å². The van der Waals surface area contributed by atoms with Gasteiger partial charge in [0, 0.05) is 23.8 Å². The number of hydrogen-bond acceptors (Lipinski definition) is 3. The Hall–Kier alpha value is -0.770. The second-order valence-electron chi connectivity index (χ2n) is 4.41. The molecule has 17 heavy (non-hydrogen) atoms. The van der Waals surface area contributed by atoms with Gasteiger partial charge < -0.3 is 15.0 Å². The summed E-state index contributed by atoms with van der Waals surface area (Å²) in [6.45, 7) is 5.55. The number of hydrogen-bond donors (Lipinski definition) is 1. The minimum absolute atomic E-state index is 0.397. The van der Waals surface area contributed by atoms with E-state index < -0.39 is 0 Å². The van der Waals surface area contributed by atoms with Crippen molar-refractivity contribution in [2.45, 2.75) is 13.0 Å². The van der Waals surface area contributed by atoms with Crippen LogP contribution >= 0.6 is 11.6 Å². The van der Waals surface area contributed by atoms with Crippen molar-refractivity contribution in [3.63, 3.8) is 0 Å². The van der Waals surface area contributed by atoms with E-state index in [0.29, 0.717) is 6.04 Å². The molecule has 2 rings (SSSR count). The van der Waals surface area contributed by atoms with E-state index in [1.165, 1.54) is 11.3 Å². The third kappa shape index (κ3) is 2.92. The molecule has 1 aromatic rings. The fraction of sp³-hybridized carbons (Fsp3) is 0.538. The number of halogens is 1. The van der Waals surface area contributed by atoms with Gasteiger partial charge in [0.1, 0.15) is 0 Å². The second kappa shape index (κ2) is 5.71. The second-order valence-corrected chi connectivity index (χ2v) is 4.85. The maximum absolute atomic E-state index is 6.00. The zero-order chi connectivity index (χ0) is 12.3. The van der Waals surface area contributed by atoms with E-state index >= 15 is 0 Å². The summed E-state index contributed by atoms with van der Waals surface area (Å²) in [5.74, 6) is 0. The van der Waals surface area contributed by atoms with E-state index in [4.69, 9.17) is 16.3 Å². The number of benzene rings is 1. The largest absolute Gasteiger partial charge is 0.377 e. The van der Waals surface area contributed by atoms with Crippen molar-refractivity contribution < 1.29 is 4.74 Å². The quantitative estimate of drug-likeness (QED) is 0.894. The third-order valence-electron chi connectivity index (χ3n) is 3.14. The molecule has 1 saturated heterocycles. The summed E-state index contributed by atoms with van der Waals surface area (Å²) in [4.78, 5) is 2.41. The van der Waals surface area contributed by atoms with Gasteiger partial charge in [-0.05, 0) is 37.7 Å². The lowest BCUT2D eigenvalue weighted by Crippen LogP contribution is -2.50. The molecule has 1 N–H and O–H groups in total. The molecule has 3 nitrogen and oxygen atoms in total. The molecule has 0 bridgehead atoms. The van der Waals surface area contributed by atoms with Crippen molar-refractivity contribution in [3.05, 3.63) is 28.8 Å². The van der Waals surface area contributed by atoms with E-state index in [1.54, 1.807) is 0 Å². The Morgan fingerprint density at radius 1 is 1.53 bits per heavy atom. The Kier molecular flexibility index (Phi) is 4.26. The van der Waals surface area contributed by atoms with Crippen molar-refractivity contribution >= 4 is 17.3 Å². The zero-order valence-electron chi connectivity index (χ0n) is 10.4. The molecule has 0 saturated carbocycles.